The smallest absolute Gasteiger partial charge is 0.312 e. The van der Waals surface area contributed by atoms with Gasteiger partial charge in [0.05, 0.1) is 10.9 Å². The lowest BCUT2D eigenvalue weighted by molar-refractivity contribution is -0.138. The average Bonchev–Trinajstić information content (AvgIpc) is 2.11. The van der Waals surface area contributed by atoms with Crippen LogP contribution in [0, 0.1) is 0 Å². The number of phenolic OH excluding ortho intramolecular Hbond substituents is 1. The molecule has 4 nitrogen and oxygen atoms in total. The summed E-state index contributed by atoms with van der Waals surface area (Å²) in [4.78, 5) is 10.7. The molecule has 0 saturated carbocycles. The summed E-state index contributed by atoms with van der Waals surface area (Å²) in [7, 11) is 0. The molecule has 14 heavy (non-hydrogen) atoms. The van der Waals surface area contributed by atoms with E-state index in [2.05, 4.69) is 0 Å². The van der Waals surface area contributed by atoms with Crippen LogP contribution in [0.4, 0.5) is 0 Å². The summed E-state index contributed by atoms with van der Waals surface area (Å²) in [5.74, 6) is -1.86. The molecular formula is C9H10ClNO3. The zero-order chi connectivity index (χ0) is 10.7. The number of benzene rings is 1. The van der Waals surface area contributed by atoms with E-state index in [1.165, 1.54) is 18.2 Å². The molecule has 1 aromatic rings. The number of carboxylic acid groups (broad SMARTS) is 1. The van der Waals surface area contributed by atoms with Crippen molar-refractivity contribution in [1.29, 1.82) is 0 Å². The lowest BCUT2D eigenvalue weighted by Gasteiger charge is -2.10. The third-order valence-corrected chi connectivity index (χ3v) is 2.21. The lowest BCUT2D eigenvalue weighted by Crippen LogP contribution is -2.20. The minimum atomic E-state index is -1.01. The Balaban J connectivity index is 3.06. The fraction of sp³-hybridized carbons (Fsp3) is 0.222. The third kappa shape index (κ3) is 2.16. The molecule has 1 aromatic carbocycles. The van der Waals surface area contributed by atoms with E-state index in [4.69, 9.17) is 27.5 Å². The quantitative estimate of drug-likeness (QED) is 0.707. The fourth-order valence-electron chi connectivity index (χ4n) is 1.12. The van der Waals surface area contributed by atoms with Crippen LogP contribution < -0.4 is 5.73 Å². The van der Waals surface area contributed by atoms with E-state index < -0.39 is 11.9 Å². The number of carboxylic acids is 1. The van der Waals surface area contributed by atoms with Crippen LogP contribution in [0.3, 0.4) is 0 Å². The molecule has 1 atom stereocenters. The van der Waals surface area contributed by atoms with Crippen LogP contribution >= 0.6 is 11.6 Å². The van der Waals surface area contributed by atoms with Gasteiger partial charge in [-0.25, -0.2) is 0 Å². The van der Waals surface area contributed by atoms with E-state index in [9.17, 15) is 4.79 Å². The molecule has 0 fully saturated rings. The molecule has 5 heteroatoms. The molecule has 0 bridgehead atoms. The molecule has 0 saturated heterocycles. The molecule has 0 heterocycles. The zero-order valence-corrected chi connectivity index (χ0v) is 8.03. The molecule has 1 unspecified atom stereocenters. The minimum Gasteiger partial charge on any atom is -0.506 e. The van der Waals surface area contributed by atoms with Crippen molar-refractivity contribution in [3.63, 3.8) is 0 Å². The molecule has 0 aromatic heterocycles. The minimum absolute atomic E-state index is 0.00353. The zero-order valence-electron chi connectivity index (χ0n) is 7.27. The van der Waals surface area contributed by atoms with Crippen molar-refractivity contribution in [3.8, 4) is 5.75 Å². The highest BCUT2D eigenvalue weighted by Crippen LogP contribution is 2.27. The topological polar surface area (TPSA) is 83.6 Å². The Hall–Kier alpha value is -1.26. The van der Waals surface area contributed by atoms with Crippen molar-refractivity contribution < 1.29 is 15.0 Å². The van der Waals surface area contributed by atoms with Gasteiger partial charge in [0.1, 0.15) is 5.75 Å². The van der Waals surface area contributed by atoms with E-state index in [0.717, 1.165) is 0 Å². The molecule has 0 amide bonds. The van der Waals surface area contributed by atoms with Crippen LogP contribution in [0.25, 0.3) is 0 Å². The van der Waals surface area contributed by atoms with Crippen LogP contribution in [-0.2, 0) is 4.79 Å². The van der Waals surface area contributed by atoms with Crippen LogP contribution in [0.1, 0.15) is 11.5 Å². The summed E-state index contributed by atoms with van der Waals surface area (Å²) in [5.41, 5.74) is 5.80. The van der Waals surface area contributed by atoms with E-state index in [-0.39, 0.29) is 17.3 Å². The van der Waals surface area contributed by atoms with Crippen LogP contribution in [-0.4, -0.2) is 22.7 Å². The number of carbonyl (C=O) groups is 1. The van der Waals surface area contributed by atoms with Gasteiger partial charge in [0.2, 0.25) is 0 Å². The summed E-state index contributed by atoms with van der Waals surface area (Å²) in [6.07, 6.45) is 0. The van der Waals surface area contributed by atoms with Gasteiger partial charge in [-0.05, 0) is 17.7 Å². The predicted molar refractivity (Wildman–Crippen MR) is 52.5 cm³/mol. The van der Waals surface area contributed by atoms with Crippen molar-refractivity contribution >= 4 is 17.6 Å². The van der Waals surface area contributed by atoms with Gasteiger partial charge in [0.25, 0.3) is 0 Å². The van der Waals surface area contributed by atoms with Gasteiger partial charge in [0, 0.05) is 6.54 Å². The van der Waals surface area contributed by atoms with Crippen molar-refractivity contribution in [1.82, 2.24) is 0 Å². The number of phenols is 1. The molecule has 76 valence electrons. The van der Waals surface area contributed by atoms with Crippen molar-refractivity contribution in [2.75, 3.05) is 6.54 Å². The molecule has 1 rings (SSSR count). The normalized spacial score (nSPS) is 12.4. The average molecular weight is 216 g/mol. The molecule has 0 aliphatic rings. The predicted octanol–water partition coefficient (Wildman–Crippen LogP) is 1.17. The summed E-state index contributed by atoms with van der Waals surface area (Å²) >= 11 is 5.64. The molecule has 0 radical (unpaired) electrons. The first kappa shape index (κ1) is 10.8. The molecule has 4 N–H and O–H groups in total. The van der Waals surface area contributed by atoms with Crippen molar-refractivity contribution in [2.45, 2.75) is 5.92 Å². The van der Waals surface area contributed by atoms with Crippen LogP contribution in [0.2, 0.25) is 5.02 Å². The molecule has 0 aliphatic heterocycles. The SMILES string of the molecule is NCC(C(=O)O)c1ccc(O)c(Cl)c1. The Kier molecular flexibility index (Phi) is 3.33. The maximum atomic E-state index is 10.7. The lowest BCUT2D eigenvalue weighted by atomic mass is 9.99. The second-order valence-corrected chi connectivity index (χ2v) is 3.24. The van der Waals surface area contributed by atoms with E-state index >= 15 is 0 Å². The number of rotatable bonds is 3. The van der Waals surface area contributed by atoms with Gasteiger partial charge in [-0.1, -0.05) is 17.7 Å². The van der Waals surface area contributed by atoms with Gasteiger partial charge in [-0.2, -0.15) is 0 Å². The number of hydrogen-bond donors (Lipinski definition) is 3. The third-order valence-electron chi connectivity index (χ3n) is 1.91. The summed E-state index contributed by atoms with van der Waals surface area (Å²) in [6.45, 7) is -0.00353. The van der Waals surface area contributed by atoms with E-state index in [1.807, 2.05) is 0 Å². The van der Waals surface area contributed by atoms with Gasteiger partial charge < -0.3 is 15.9 Å². The molecule has 0 spiro atoms. The largest absolute Gasteiger partial charge is 0.506 e. The van der Waals surface area contributed by atoms with Crippen LogP contribution in [0.5, 0.6) is 5.75 Å². The highest BCUT2D eigenvalue weighted by molar-refractivity contribution is 6.32. The standard InChI is InChI=1S/C9H10ClNO3/c10-7-3-5(1-2-8(7)12)6(4-11)9(13)14/h1-3,6,12H,4,11H2,(H,13,14). The van der Waals surface area contributed by atoms with Gasteiger partial charge >= 0.3 is 5.97 Å². The van der Waals surface area contributed by atoms with Gasteiger partial charge in [-0.15, -0.1) is 0 Å². The first-order valence-electron chi connectivity index (χ1n) is 3.97. The maximum Gasteiger partial charge on any atom is 0.312 e. The Morgan fingerprint density at radius 1 is 1.57 bits per heavy atom. The highest BCUT2D eigenvalue weighted by atomic mass is 35.5. The number of halogens is 1. The monoisotopic (exact) mass is 215 g/mol. The second-order valence-electron chi connectivity index (χ2n) is 2.84. The number of nitrogens with two attached hydrogens (primary N) is 1. The summed E-state index contributed by atoms with van der Waals surface area (Å²) in [5, 5.41) is 18.1. The Morgan fingerprint density at radius 3 is 2.64 bits per heavy atom. The first-order chi connectivity index (χ1) is 6.56. The van der Waals surface area contributed by atoms with Crippen molar-refractivity contribution in [3.05, 3.63) is 28.8 Å². The Bertz CT molecular complexity index is 354. The number of hydrogen-bond acceptors (Lipinski definition) is 3. The maximum absolute atomic E-state index is 10.7. The summed E-state index contributed by atoms with van der Waals surface area (Å²) < 4.78 is 0. The van der Waals surface area contributed by atoms with E-state index in [0.29, 0.717) is 5.56 Å². The highest BCUT2D eigenvalue weighted by Gasteiger charge is 2.18. The van der Waals surface area contributed by atoms with Gasteiger partial charge in [-0.3, -0.25) is 4.79 Å². The molecule has 0 aliphatic carbocycles. The molecular weight excluding hydrogens is 206 g/mol. The summed E-state index contributed by atoms with van der Waals surface area (Å²) in [6, 6.07) is 4.25. The number of aromatic hydroxyl groups is 1. The number of aliphatic carboxylic acids is 1. The Labute approximate surface area is 85.9 Å². The second kappa shape index (κ2) is 4.30. The van der Waals surface area contributed by atoms with Crippen LogP contribution in [0.15, 0.2) is 18.2 Å². The Morgan fingerprint density at radius 2 is 2.21 bits per heavy atom. The fourth-order valence-corrected chi connectivity index (χ4v) is 1.31. The van der Waals surface area contributed by atoms with Gasteiger partial charge in [0.15, 0.2) is 0 Å². The van der Waals surface area contributed by atoms with E-state index in [1.54, 1.807) is 0 Å². The van der Waals surface area contributed by atoms with Crippen molar-refractivity contribution in [2.24, 2.45) is 5.73 Å². The first-order valence-corrected chi connectivity index (χ1v) is 4.35.